The molecule has 17 heavy (non-hydrogen) atoms. The number of piperidine rings is 1. The first kappa shape index (κ1) is 14.5. The lowest BCUT2D eigenvalue weighted by molar-refractivity contribution is -0.134. The van der Waals surface area contributed by atoms with Crippen molar-refractivity contribution in [2.45, 2.75) is 57.7 Å². The number of hydrogen-bond acceptors (Lipinski definition) is 3. The highest BCUT2D eigenvalue weighted by molar-refractivity contribution is 5.81. The molecule has 0 aromatic carbocycles. The standard InChI is InChI=1S/C13H27N3O/c1-5-6-12(14)13(17)16(4)11-7-8-15(3)10(2)9-11/h10-12H,5-9,14H2,1-4H3/t10-,11-,12-/m0/s1. The Morgan fingerprint density at radius 3 is 2.76 bits per heavy atom. The topological polar surface area (TPSA) is 49.6 Å². The average molecular weight is 241 g/mol. The summed E-state index contributed by atoms with van der Waals surface area (Å²) in [6.45, 7) is 5.34. The number of likely N-dealkylation sites (N-methyl/N-ethyl adjacent to an activating group) is 1. The quantitative estimate of drug-likeness (QED) is 0.800. The molecule has 0 aliphatic carbocycles. The molecule has 1 aliphatic rings. The first-order valence-electron chi connectivity index (χ1n) is 6.69. The fourth-order valence-electron chi connectivity index (χ4n) is 2.49. The molecule has 0 bridgehead atoms. The van der Waals surface area contributed by atoms with Gasteiger partial charge in [0.25, 0.3) is 0 Å². The lowest BCUT2D eigenvalue weighted by Crippen LogP contribution is -2.51. The maximum absolute atomic E-state index is 12.1. The van der Waals surface area contributed by atoms with Gasteiger partial charge in [-0.1, -0.05) is 13.3 Å². The summed E-state index contributed by atoms with van der Waals surface area (Å²) < 4.78 is 0. The molecule has 0 aromatic rings. The number of nitrogens with zero attached hydrogens (tertiary/aromatic N) is 2. The smallest absolute Gasteiger partial charge is 0.239 e. The van der Waals surface area contributed by atoms with Gasteiger partial charge >= 0.3 is 0 Å². The molecule has 1 aliphatic heterocycles. The van der Waals surface area contributed by atoms with Crippen LogP contribution in [0.15, 0.2) is 0 Å². The van der Waals surface area contributed by atoms with Crippen molar-refractivity contribution in [1.29, 1.82) is 0 Å². The van der Waals surface area contributed by atoms with Gasteiger partial charge in [0.1, 0.15) is 0 Å². The van der Waals surface area contributed by atoms with E-state index in [1.807, 2.05) is 11.9 Å². The Labute approximate surface area is 105 Å². The largest absolute Gasteiger partial charge is 0.341 e. The van der Waals surface area contributed by atoms with Gasteiger partial charge in [-0.3, -0.25) is 4.79 Å². The highest BCUT2D eigenvalue weighted by Crippen LogP contribution is 2.20. The Bertz CT molecular complexity index is 257. The van der Waals surface area contributed by atoms with Crippen LogP contribution in [0.3, 0.4) is 0 Å². The summed E-state index contributed by atoms with van der Waals surface area (Å²) in [7, 11) is 4.05. The summed E-state index contributed by atoms with van der Waals surface area (Å²) in [6.07, 6.45) is 3.86. The van der Waals surface area contributed by atoms with Crippen LogP contribution in [0.5, 0.6) is 0 Å². The van der Waals surface area contributed by atoms with Gasteiger partial charge < -0.3 is 15.5 Å². The van der Waals surface area contributed by atoms with E-state index in [0.717, 1.165) is 32.2 Å². The molecule has 1 heterocycles. The Kier molecular flexibility index (Phi) is 5.40. The van der Waals surface area contributed by atoms with Crippen molar-refractivity contribution in [3.8, 4) is 0 Å². The zero-order valence-electron chi connectivity index (χ0n) is 11.6. The van der Waals surface area contributed by atoms with Gasteiger partial charge in [0.05, 0.1) is 6.04 Å². The van der Waals surface area contributed by atoms with Crippen LogP contribution in [-0.4, -0.2) is 54.5 Å². The average Bonchev–Trinajstić information content (AvgIpc) is 2.31. The van der Waals surface area contributed by atoms with Crippen LogP contribution in [0.2, 0.25) is 0 Å². The van der Waals surface area contributed by atoms with Crippen molar-refractivity contribution in [2.24, 2.45) is 5.73 Å². The predicted molar refractivity (Wildman–Crippen MR) is 70.8 cm³/mol. The van der Waals surface area contributed by atoms with E-state index in [1.54, 1.807) is 0 Å². The van der Waals surface area contributed by atoms with E-state index < -0.39 is 0 Å². The second kappa shape index (κ2) is 6.36. The maximum Gasteiger partial charge on any atom is 0.239 e. The van der Waals surface area contributed by atoms with Crippen molar-refractivity contribution < 1.29 is 4.79 Å². The summed E-state index contributed by atoms with van der Waals surface area (Å²) in [6, 6.07) is 0.586. The van der Waals surface area contributed by atoms with E-state index in [9.17, 15) is 4.79 Å². The molecule has 1 fully saturated rings. The Hall–Kier alpha value is -0.610. The molecule has 0 saturated carbocycles. The lowest BCUT2D eigenvalue weighted by atomic mass is 9.97. The van der Waals surface area contributed by atoms with Crippen molar-refractivity contribution in [1.82, 2.24) is 9.80 Å². The molecule has 0 radical (unpaired) electrons. The van der Waals surface area contributed by atoms with Gasteiger partial charge in [-0.15, -0.1) is 0 Å². The molecule has 4 heteroatoms. The minimum absolute atomic E-state index is 0.105. The molecule has 2 N–H and O–H groups in total. The Balaban J connectivity index is 2.52. The highest BCUT2D eigenvalue weighted by atomic mass is 16.2. The molecule has 0 spiro atoms. The molecule has 1 amide bonds. The van der Waals surface area contributed by atoms with Crippen molar-refractivity contribution >= 4 is 5.91 Å². The SMILES string of the molecule is CCC[C@H](N)C(=O)N(C)[C@H]1CCN(C)[C@@H](C)C1. The number of amides is 1. The molecule has 1 rings (SSSR count). The van der Waals surface area contributed by atoms with E-state index in [2.05, 4.69) is 25.8 Å². The molecule has 1 saturated heterocycles. The third-order valence-electron chi connectivity index (χ3n) is 3.99. The van der Waals surface area contributed by atoms with Gasteiger partial charge in [-0.2, -0.15) is 0 Å². The summed E-state index contributed by atoms with van der Waals surface area (Å²) >= 11 is 0. The number of rotatable bonds is 4. The van der Waals surface area contributed by atoms with E-state index in [0.29, 0.717) is 12.1 Å². The van der Waals surface area contributed by atoms with E-state index in [1.165, 1.54) is 0 Å². The van der Waals surface area contributed by atoms with Gasteiger partial charge in [0, 0.05) is 25.7 Å². The normalized spacial score (nSPS) is 27.8. The number of nitrogens with two attached hydrogens (primary N) is 1. The van der Waals surface area contributed by atoms with Crippen LogP contribution in [0.1, 0.15) is 39.5 Å². The van der Waals surface area contributed by atoms with Crippen LogP contribution in [0, 0.1) is 0 Å². The molecule has 0 unspecified atom stereocenters. The molecule has 100 valence electrons. The number of carbonyl (C=O) groups excluding carboxylic acids is 1. The number of likely N-dealkylation sites (tertiary alicyclic amines) is 1. The first-order valence-corrected chi connectivity index (χ1v) is 6.69. The molecule has 4 nitrogen and oxygen atoms in total. The summed E-state index contributed by atoms with van der Waals surface area (Å²) in [5.74, 6) is 0.105. The van der Waals surface area contributed by atoms with Crippen LogP contribution in [-0.2, 0) is 4.79 Å². The van der Waals surface area contributed by atoms with Crippen molar-refractivity contribution in [2.75, 3.05) is 20.6 Å². The lowest BCUT2D eigenvalue weighted by Gasteiger charge is -2.40. The zero-order valence-corrected chi connectivity index (χ0v) is 11.6. The van der Waals surface area contributed by atoms with E-state index in [4.69, 9.17) is 5.73 Å². The fraction of sp³-hybridized carbons (Fsp3) is 0.923. The molecule has 3 atom stereocenters. The second-order valence-corrected chi connectivity index (χ2v) is 5.35. The second-order valence-electron chi connectivity index (χ2n) is 5.35. The Morgan fingerprint density at radius 2 is 2.24 bits per heavy atom. The number of hydrogen-bond donors (Lipinski definition) is 1. The zero-order chi connectivity index (χ0) is 13.0. The van der Waals surface area contributed by atoms with Crippen LogP contribution < -0.4 is 5.73 Å². The monoisotopic (exact) mass is 241 g/mol. The highest BCUT2D eigenvalue weighted by Gasteiger charge is 2.29. The van der Waals surface area contributed by atoms with Crippen molar-refractivity contribution in [3.05, 3.63) is 0 Å². The summed E-state index contributed by atoms with van der Waals surface area (Å²) in [4.78, 5) is 16.3. The third kappa shape index (κ3) is 3.68. The van der Waals surface area contributed by atoms with E-state index in [-0.39, 0.29) is 11.9 Å². The third-order valence-corrected chi connectivity index (χ3v) is 3.99. The first-order chi connectivity index (χ1) is 7.97. The molecular weight excluding hydrogens is 214 g/mol. The van der Waals surface area contributed by atoms with Gasteiger partial charge in [-0.25, -0.2) is 0 Å². The minimum Gasteiger partial charge on any atom is -0.341 e. The van der Waals surface area contributed by atoms with Gasteiger partial charge in [0.15, 0.2) is 0 Å². The molecular formula is C13H27N3O. The fourth-order valence-corrected chi connectivity index (χ4v) is 2.49. The van der Waals surface area contributed by atoms with Crippen molar-refractivity contribution in [3.63, 3.8) is 0 Å². The van der Waals surface area contributed by atoms with Crippen LogP contribution in [0.4, 0.5) is 0 Å². The van der Waals surface area contributed by atoms with Gasteiger partial charge in [0.2, 0.25) is 5.91 Å². The van der Waals surface area contributed by atoms with Crippen LogP contribution >= 0.6 is 0 Å². The van der Waals surface area contributed by atoms with Gasteiger partial charge in [-0.05, 0) is 33.2 Å². The minimum atomic E-state index is -0.319. The predicted octanol–water partition coefficient (Wildman–Crippen LogP) is 1.05. The summed E-state index contributed by atoms with van der Waals surface area (Å²) in [5.41, 5.74) is 5.90. The summed E-state index contributed by atoms with van der Waals surface area (Å²) in [5, 5.41) is 0. The van der Waals surface area contributed by atoms with Crippen LogP contribution in [0.25, 0.3) is 0 Å². The number of carbonyl (C=O) groups is 1. The maximum atomic E-state index is 12.1. The Morgan fingerprint density at radius 1 is 1.59 bits per heavy atom. The molecule has 0 aromatic heterocycles. The van der Waals surface area contributed by atoms with E-state index >= 15 is 0 Å².